The third-order valence-corrected chi connectivity index (χ3v) is 3.36. The van der Waals surface area contributed by atoms with Crippen molar-refractivity contribution in [2.75, 3.05) is 0 Å². The van der Waals surface area contributed by atoms with Gasteiger partial charge in [0.2, 0.25) is 0 Å². The van der Waals surface area contributed by atoms with Crippen molar-refractivity contribution < 1.29 is 0 Å². The summed E-state index contributed by atoms with van der Waals surface area (Å²) in [5, 5.41) is 7.95. The maximum absolute atomic E-state index is 4.35. The quantitative estimate of drug-likeness (QED) is 0.642. The lowest BCUT2D eigenvalue weighted by molar-refractivity contribution is 0.465. The second-order valence-corrected chi connectivity index (χ2v) is 5.18. The second-order valence-electron chi connectivity index (χ2n) is 5.18. The molecule has 0 aliphatic heterocycles. The molecule has 0 bridgehead atoms. The minimum Gasteiger partial charge on any atom is -0.309 e. The molecule has 1 aromatic heterocycles. The van der Waals surface area contributed by atoms with E-state index >= 15 is 0 Å². The molecule has 0 aromatic carbocycles. The predicted octanol–water partition coefficient (Wildman–Crippen LogP) is 3.74. The number of hydrogen-bond acceptors (Lipinski definition) is 2. The molecule has 0 aliphatic carbocycles. The third kappa shape index (κ3) is 5.67. The van der Waals surface area contributed by atoms with Gasteiger partial charge in [0.15, 0.2) is 0 Å². The minimum atomic E-state index is 0.604. The first-order valence-corrected chi connectivity index (χ1v) is 7.52. The summed E-state index contributed by atoms with van der Waals surface area (Å²) in [7, 11) is 0. The Bertz CT molecular complexity index is 306. The number of hydrogen-bond donors (Lipinski definition) is 1. The first-order chi connectivity index (χ1) is 8.77. The Kier molecular flexibility index (Phi) is 7.74. The molecule has 1 rings (SSSR count). The molecule has 0 saturated carbocycles. The highest BCUT2D eigenvalue weighted by atomic mass is 15.3. The normalized spacial score (nSPS) is 12.8. The van der Waals surface area contributed by atoms with E-state index in [1.54, 1.807) is 0 Å². The number of nitrogens with one attached hydrogen (secondary N) is 1. The van der Waals surface area contributed by atoms with Crippen molar-refractivity contribution in [2.45, 2.75) is 78.4 Å². The van der Waals surface area contributed by atoms with Gasteiger partial charge in [-0.2, -0.15) is 5.10 Å². The van der Waals surface area contributed by atoms with Gasteiger partial charge in [-0.1, -0.05) is 39.5 Å². The minimum absolute atomic E-state index is 0.604. The molecule has 1 N–H and O–H groups in total. The summed E-state index contributed by atoms with van der Waals surface area (Å²) >= 11 is 0. The predicted molar refractivity (Wildman–Crippen MR) is 77.6 cm³/mol. The lowest BCUT2D eigenvalue weighted by Gasteiger charge is -2.14. The number of unbranched alkanes of at least 4 members (excludes halogenated alkanes) is 3. The molecule has 0 aliphatic rings. The van der Waals surface area contributed by atoms with Gasteiger partial charge in [0.05, 0.1) is 5.69 Å². The van der Waals surface area contributed by atoms with E-state index in [0.717, 1.165) is 19.5 Å². The van der Waals surface area contributed by atoms with Crippen molar-refractivity contribution in [2.24, 2.45) is 0 Å². The summed E-state index contributed by atoms with van der Waals surface area (Å²) in [5.41, 5.74) is 1.30. The molecule has 3 nitrogen and oxygen atoms in total. The number of rotatable bonds is 10. The highest BCUT2D eigenvalue weighted by Gasteiger charge is 2.04. The van der Waals surface area contributed by atoms with E-state index in [1.165, 1.54) is 37.8 Å². The van der Waals surface area contributed by atoms with Gasteiger partial charge in [0.1, 0.15) is 0 Å². The van der Waals surface area contributed by atoms with E-state index in [0.29, 0.717) is 6.04 Å². The highest BCUT2D eigenvalue weighted by molar-refractivity contribution is 5.00. The molecule has 0 saturated heterocycles. The van der Waals surface area contributed by atoms with Gasteiger partial charge < -0.3 is 5.32 Å². The van der Waals surface area contributed by atoms with Crippen LogP contribution in [0.3, 0.4) is 0 Å². The van der Waals surface area contributed by atoms with Crippen LogP contribution in [0.1, 0.15) is 65.0 Å². The lowest BCUT2D eigenvalue weighted by atomic mass is 10.1. The van der Waals surface area contributed by atoms with Crippen LogP contribution in [0, 0.1) is 0 Å². The third-order valence-electron chi connectivity index (χ3n) is 3.36. The van der Waals surface area contributed by atoms with E-state index < -0.39 is 0 Å². The van der Waals surface area contributed by atoms with Gasteiger partial charge >= 0.3 is 0 Å². The van der Waals surface area contributed by atoms with E-state index in [-0.39, 0.29) is 0 Å². The topological polar surface area (TPSA) is 29.9 Å². The van der Waals surface area contributed by atoms with Gasteiger partial charge in [-0.05, 0) is 25.8 Å². The van der Waals surface area contributed by atoms with Crippen LogP contribution >= 0.6 is 0 Å². The fourth-order valence-electron chi connectivity index (χ4n) is 2.18. The molecule has 1 heterocycles. The maximum Gasteiger partial charge on any atom is 0.0522 e. The first-order valence-electron chi connectivity index (χ1n) is 7.52. The van der Waals surface area contributed by atoms with Crippen LogP contribution in [0.5, 0.6) is 0 Å². The summed E-state index contributed by atoms with van der Waals surface area (Å²) < 4.78 is 2.11. The Labute approximate surface area is 112 Å². The van der Waals surface area contributed by atoms with E-state index in [1.807, 2.05) is 6.20 Å². The van der Waals surface area contributed by atoms with E-state index in [2.05, 4.69) is 41.9 Å². The van der Waals surface area contributed by atoms with Gasteiger partial charge in [0, 0.05) is 25.3 Å². The monoisotopic (exact) mass is 251 g/mol. The van der Waals surface area contributed by atoms with Crippen molar-refractivity contribution in [1.82, 2.24) is 15.1 Å². The van der Waals surface area contributed by atoms with Crippen LogP contribution in [0.4, 0.5) is 0 Å². The highest BCUT2D eigenvalue weighted by Crippen LogP contribution is 2.06. The zero-order valence-electron chi connectivity index (χ0n) is 12.3. The molecule has 104 valence electrons. The van der Waals surface area contributed by atoms with Gasteiger partial charge in [0.25, 0.3) is 0 Å². The van der Waals surface area contributed by atoms with Crippen LogP contribution in [0.15, 0.2) is 12.3 Å². The molecule has 0 spiro atoms. The zero-order valence-corrected chi connectivity index (χ0v) is 12.3. The van der Waals surface area contributed by atoms with Gasteiger partial charge in [-0.3, -0.25) is 4.68 Å². The molecular formula is C15H29N3. The molecule has 18 heavy (non-hydrogen) atoms. The molecule has 1 atom stereocenters. The second kappa shape index (κ2) is 9.15. The van der Waals surface area contributed by atoms with Crippen molar-refractivity contribution in [3.63, 3.8) is 0 Å². The Morgan fingerprint density at radius 2 is 2.06 bits per heavy atom. The molecule has 1 unspecified atom stereocenters. The Morgan fingerprint density at radius 3 is 2.78 bits per heavy atom. The van der Waals surface area contributed by atoms with E-state index in [9.17, 15) is 0 Å². The van der Waals surface area contributed by atoms with Crippen LogP contribution in [-0.2, 0) is 13.1 Å². The zero-order chi connectivity index (χ0) is 13.2. The number of aryl methyl sites for hydroxylation is 1. The van der Waals surface area contributed by atoms with Crippen molar-refractivity contribution >= 4 is 0 Å². The first kappa shape index (κ1) is 15.2. The smallest absolute Gasteiger partial charge is 0.0522 e. The van der Waals surface area contributed by atoms with Crippen molar-refractivity contribution in [1.29, 1.82) is 0 Å². The van der Waals surface area contributed by atoms with Crippen molar-refractivity contribution in [3.05, 3.63) is 18.0 Å². The maximum atomic E-state index is 4.35. The van der Waals surface area contributed by atoms with Crippen LogP contribution in [0.25, 0.3) is 0 Å². The van der Waals surface area contributed by atoms with Crippen molar-refractivity contribution in [3.8, 4) is 0 Å². The fourth-order valence-corrected chi connectivity index (χ4v) is 2.18. The molecule has 3 heteroatoms. The van der Waals surface area contributed by atoms with Crippen LogP contribution in [0.2, 0.25) is 0 Å². The van der Waals surface area contributed by atoms with E-state index in [4.69, 9.17) is 0 Å². The Hall–Kier alpha value is -0.830. The number of aromatic nitrogens is 2. The summed E-state index contributed by atoms with van der Waals surface area (Å²) in [6.45, 7) is 8.70. The van der Waals surface area contributed by atoms with Crippen LogP contribution in [-0.4, -0.2) is 15.8 Å². The SMILES string of the molecule is CCCCCCC(C)NCc1ccnn1CCC. The molecule has 0 fully saturated rings. The molecule has 1 aromatic rings. The van der Waals surface area contributed by atoms with Crippen LogP contribution < -0.4 is 5.32 Å². The molecule has 0 amide bonds. The summed E-state index contributed by atoms with van der Waals surface area (Å²) in [6, 6.07) is 2.72. The molecular weight excluding hydrogens is 222 g/mol. The fraction of sp³-hybridized carbons (Fsp3) is 0.800. The average molecular weight is 251 g/mol. The summed E-state index contributed by atoms with van der Waals surface area (Å²) in [5.74, 6) is 0. The Balaban J connectivity index is 2.20. The molecule has 0 radical (unpaired) electrons. The summed E-state index contributed by atoms with van der Waals surface area (Å²) in [4.78, 5) is 0. The Morgan fingerprint density at radius 1 is 1.22 bits per heavy atom. The average Bonchev–Trinajstić information content (AvgIpc) is 2.80. The largest absolute Gasteiger partial charge is 0.309 e. The standard InChI is InChI=1S/C15H29N3/c1-4-6-7-8-9-14(3)16-13-15-10-11-17-18(15)12-5-2/h10-11,14,16H,4-9,12-13H2,1-3H3. The van der Waals surface area contributed by atoms with Gasteiger partial charge in [-0.15, -0.1) is 0 Å². The number of nitrogens with zero attached hydrogens (tertiary/aromatic N) is 2. The lowest BCUT2D eigenvalue weighted by Crippen LogP contribution is -2.26. The summed E-state index contributed by atoms with van der Waals surface area (Å²) in [6.07, 6.45) is 9.72. The van der Waals surface area contributed by atoms with Gasteiger partial charge in [-0.25, -0.2) is 0 Å².